The summed E-state index contributed by atoms with van der Waals surface area (Å²) in [7, 11) is 0. The van der Waals surface area contributed by atoms with E-state index in [2.05, 4.69) is 0 Å². The zero-order chi connectivity index (χ0) is 3.58. The quantitative estimate of drug-likeness (QED) is 0.541. The Bertz CT molecular complexity index is 29.0. The first-order valence-electron chi connectivity index (χ1n) is 0.928. The van der Waals surface area contributed by atoms with E-state index in [1.807, 2.05) is 0 Å². The molecule has 0 amide bonds. The maximum absolute atomic E-state index is 9.49. The van der Waals surface area contributed by atoms with Gasteiger partial charge >= 0.3 is 39.9 Å². The monoisotopic (exact) mass is 252 g/mol. The van der Waals surface area contributed by atoms with Crippen LogP contribution >= 0.6 is 0 Å². The van der Waals surface area contributed by atoms with Gasteiger partial charge in [0.25, 0.3) is 0 Å². The standard InChI is InChI=1S/C2H3O.Bi/c1-2-3;/h1H3;. The van der Waals surface area contributed by atoms with E-state index in [1.54, 1.807) is 6.92 Å². The van der Waals surface area contributed by atoms with Crippen LogP contribution in [0.3, 0.4) is 0 Å². The Kier molecular flexibility index (Phi) is 2.09. The van der Waals surface area contributed by atoms with Gasteiger partial charge in [-0.3, -0.25) is 0 Å². The molecule has 0 aromatic carbocycles. The number of hydrogen-bond donors (Lipinski definition) is 0. The molecule has 0 aliphatic carbocycles. The number of carbonyl (C=O) groups excluding carboxylic acids is 1. The first-order valence-corrected chi connectivity index (χ1v) is 2.67. The summed E-state index contributed by atoms with van der Waals surface area (Å²) >= 11 is 0.873. The van der Waals surface area contributed by atoms with Gasteiger partial charge in [-0.15, -0.1) is 0 Å². The summed E-state index contributed by atoms with van der Waals surface area (Å²) in [4.78, 5) is 9.49. The Morgan fingerprint density at radius 2 is 2.00 bits per heavy atom. The maximum atomic E-state index is 9.49. The first kappa shape index (κ1) is 4.55. The summed E-state index contributed by atoms with van der Waals surface area (Å²) in [6, 6.07) is 0. The average molecular weight is 252 g/mol. The molecule has 0 spiro atoms. The molecule has 1 nitrogen and oxygen atoms in total. The Balaban J connectivity index is 2.80. The molecule has 0 aromatic rings. The van der Waals surface area contributed by atoms with Crippen LogP contribution in [-0.4, -0.2) is 28.2 Å². The van der Waals surface area contributed by atoms with E-state index >= 15 is 0 Å². The van der Waals surface area contributed by atoms with E-state index in [-0.39, 0.29) is 3.49 Å². The van der Waals surface area contributed by atoms with Gasteiger partial charge in [-0.25, -0.2) is 0 Å². The fourth-order valence-electron chi connectivity index (χ4n) is 0. The van der Waals surface area contributed by atoms with Crippen LogP contribution in [0.2, 0.25) is 0 Å². The molecule has 0 bridgehead atoms. The van der Waals surface area contributed by atoms with Gasteiger partial charge in [0, 0.05) is 0 Å². The van der Waals surface area contributed by atoms with Crippen molar-refractivity contribution in [3.05, 3.63) is 0 Å². The zero-order valence-electron chi connectivity index (χ0n) is 2.36. The zero-order valence-corrected chi connectivity index (χ0v) is 5.83. The molecule has 4 heavy (non-hydrogen) atoms. The number of carbonyl (C=O) groups is 1. The van der Waals surface area contributed by atoms with Crippen molar-refractivity contribution in [2.75, 3.05) is 0 Å². The van der Waals surface area contributed by atoms with E-state index in [4.69, 9.17) is 0 Å². The molecule has 22 valence electrons. The Morgan fingerprint density at radius 1 is 2.00 bits per heavy atom. The minimum atomic E-state index is 0.278. The molecule has 0 aliphatic heterocycles. The predicted octanol–water partition coefficient (Wildman–Crippen LogP) is -0.299. The molecule has 0 aromatic heterocycles. The number of rotatable bonds is 0. The van der Waals surface area contributed by atoms with Crippen molar-refractivity contribution in [1.82, 2.24) is 0 Å². The molecule has 0 rings (SSSR count). The van der Waals surface area contributed by atoms with Crippen LogP contribution in [0.4, 0.5) is 0 Å². The van der Waals surface area contributed by atoms with Crippen molar-refractivity contribution in [2.24, 2.45) is 0 Å². The molecule has 0 saturated carbocycles. The fourth-order valence-corrected chi connectivity index (χ4v) is 0. The molecule has 0 unspecified atom stereocenters. The van der Waals surface area contributed by atoms with Crippen molar-refractivity contribution in [3.8, 4) is 0 Å². The Hall–Kier alpha value is 0.553. The van der Waals surface area contributed by atoms with Crippen molar-refractivity contribution >= 4 is 28.2 Å². The van der Waals surface area contributed by atoms with Crippen molar-refractivity contribution in [1.29, 1.82) is 0 Å². The van der Waals surface area contributed by atoms with Gasteiger partial charge in [-0.1, -0.05) is 0 Å². The molecule has 0 aliphatic rings. The van der Waals surface area contributed by atoms with Crippen LogP contribution in [-0.2, 0) is 4.79 Å². The predicted molar refractivity (Wildman–Crippen MR) is 16.4 cm³/mol. The summed E-state index contributed by atoms with van der Waals surface area (Å²) in [5.41, 5.74) is 0. The van der Waals surface area contributed by atoms with Crippen LogP contribution < -0.4 is 0 Å². The Morgan fingerprint density at radius 3 is 2.00 bits per heavy atom. The van der Waals surface area contributed by atoms with Crippen molar-refractivity contribution in [2.45, 2.75) is 6.92 Å². The van der Waals surface area contributed by atoms with E-state index in [9.17, 15) is 4.79 Å². The molecule has 2 radical (unpaired) electrons. The molecule has 0 heterocycles. The van der Waals surface area contributed by atoms with Crippen LogP contribution in [0, 0.1) is 0 Å². The van der Waals surface area contributed by atoms with Crippen LogP contribution in [0.25, 0.3) is 0 Å². The van der Waals surface area contributed by atoms with Gasteiger partial charge in [-0.05, 0) is 0 Å². The summed E-state index contributed by atoms with van der Waals surface area (Å²) in [6.07, 6.45) is 0. The van der Waals surface area contributed by atoms with Gasteiger partial charge < -0.3 is 0 Å². The molecule has 0 fully saturated rings. The summed E-state index contributed by atoms with van der Waals surface area (Å²) in [6.45, 7) is 1.58. The fraction of sp³-hybridized carbons (Fsp3) is 0.500. The second-order valence-corrected chi connectivity index (χ2v) is 2.97. The third-order valence-corrected chi connectivity index (χ3v) is 0. The summed E-state index contributed by atoms with van der Waals surface area (Å²) in [5, 5.41) is 0. The normalized spacial score (nSPS) is 6.50. The molecule has 0 atom stereocenters. The summed E-state index contributed by atoms with van der Waals surface area (Å²) in [5.74, 6) is 0. The van der Waals surface area contributed by atoms with Gasteiger partial charge in [0.2, 0.25) is 0 Å². The van der Waals surface area contributed by atoms with Crippen LogP contribution in [0.1, 0.15) is 6.92 Å². The van der Waals surface area contributed by atoms with E-state index in [0.29, 0.717) is 0 Å². The van der Waals surface area contributed by atoms with E-state index in [0.717, 1.165) is 24.7 Å². The molecule has 0 N–H and O–H groups in total. The van der Waals surface area contributed by atoms with Gasteiger partial charge in [0.1, 0.15) is 0 Å². The molecule has 2 heteroatoms. The van der Waals surface area contributed by atoms with Gasteiger partial charge in [0.05, 0.1) is 0 Å². The minimum absolute atomic E-state index is 0.278. The van der Waals surface area contributed by atoms with Gasteiger partial charge in [-0.2, -0.15) is 0 Å². The third-order valence-electron chi connectivity index (χ3n) is 0. The molecule has 0 saturated heterocycles. The molecular formula is C2H3BiO. The molecular weight excluding hydrogens is 249 g/mol. The van der Waals surface area contributed by atoms with Gasteiger partial charge in [0.15, 0.2) is 0 Å². The average Bonchev–Trinajstić information content (AvgIpc) is 0.811. The van der Waals surface area contributed by atoms with Crippen molar-refractivity contribution < 1.29 is 4.79 Å². The SMILES string of the molecule is C[C](=O)[Bi]. The third kappa shape index (κ3) is 20.1. The van der Waals surface area contributed by atoms with E-state index < -0.39 is 0 Å². The van der Waals surface area contributed by atoms with E-state index in [1.165, 1.54) is 0 Å². The first-order chi connectivity index (χ1) is 1.73. The topological polar surface area (TPSA) is 17.1 Å². The number of hydrogen-bond acceptors (Lipinski definition) is 1. The second kappa shape index (κ2) is 1.83. The van der Waals surface area contributed by atoms with Crippen LogP contribution in [0.15, 0.2) is 0 Å². The van der Waals surface area contributed by atoms with Crippen molar-refractivity contribution in [3.63, 3.8) is 0 Å². The Labute approximate surface area is 40.2 Å². The second-order valence-electron chi connectivity index (χ2n) is 0.519. The summed E-state index contributed by atoms with van der Waals surface area (Å²) < 4.78 is 0.278. The van der Waals surface area contributed by atoms with Crippen LogP contribution in [0.5, 0.6) is 0 Å².